The van der Waals surface area contributed by atoms with E-state index in [0.717, 1.165) is 43.8 Å². The minimum Gasteiger partial charge on any atom is -0.302 e. The predicted molar refractivity (Wildman–Crippen MR) is 122 cm³/mol. The first kappa shape index (κ1) is 23.4. The first-order chi connectivity index (χ1) is 13.6. The number of thiazole rings is 1. The van der Waals surface area contributed by atoms with Gasteiger partial charge in [0.25, 0.3) is 0 Å². The molecule has 0 fully saturated rings. The summed E-state index contributed by atoms with van der Waals surface area (Å²) in [4.78, 5) is 30.1. The van der Waals surface area contributed by atoms with Gasteiger partial charge in [-0.1, -0.05) is 45.4 Å². The Kier molecular flexibility index (Phi) is 11.2. The summed E-state index contributed by atoms with van der Waals surface area (Å²) in [6.07, 6.45) is 13.9. The Hall–Kier alpha value is -0.880. The van der Waals surface area contributed by atoms with Crippen molar-refractivity contribution in [3.8, 4) is 0 Å². The van der Waals surface area contributed by atoms with Crippen molar-refractivity contribution in [3.05, 3.63) is 10.6 Å². The van der Waals surface area contributed by atoms with E-state index in [9.17, 15) is 9.59 Å². The van der Waals surface area contributed by atoms with Gasteiger partial charge in [-0.25, -0.2) is 4.98 Å². The Morgan fingerprint density at radius 2 is 1.89 bits per heavy atom. The molecule has 1 atom stereocenters. The number of fused-ring (bicyclic) bond motifs is 1. The summed E-state index contributed by atoms with van der Waals surface area (Å²) in [5.74, 6) is 1.82. The molecule has 4 nitrogen and oxygen atoms in total. The van der Waals surface area contributed by atoms with Crippen molar-refractivity contribution in [1.82, 2.24) is 4.98 Å². The molecule has 0 aromatic carbocycles. The third kappa shape index (κ3) is 8.64. The van der Waals surface area contributed by atoms with Gasteiger partial charge < -0.3 is 5.32 Å². The molecule has 6 heteroatoms. The number of hydrogen-bond acceptors (Lipinski definition) is 5. The first-order valence-corrected chi connectivity index (χ1v) is 12.5. The van der Waals surface area contributed by atoms with Crippen LogP contribution in [-0.4, -0.2) is 22.4 Å². The van der Waals surface area contributed by atoms with E-state index in [-0.39, 0.29) is 18.1 Å². The average molecular weight is 425 g/mol. The number of aromatic nitrogens is 1. The largest absolute Gasteiger partial charge is 0.302 e. The fourth-order valence-corrected chi connectivity index (χ4v) is 5.12. The van der Waals surface area contributed by atoms with Crippen molar-refractivity contribution < 1.29 is 9.59 Å². The molecule has 1 aromatic heterocycles. The maximum Gasteiger partial charge on any atom is 0.226 e. The van der Waals surface area contributed by atoms with Gasteiger partial charge in [0.1, 0.15) is 5.78 Å². The van der Waals surface area contributed by atoms with Gasteiger partial charge in [-0.2, -0.15) is 12.6 Å². The number of amides is 1. The van der Waals surface area contributed by atoms with E-state index in [4.69, 9.17) is 0 Å². The van der Waals surface area contributed by atoms with Crippen LogP contribution in [-0.2, 0) is 22.4 Å². The van der Waals surface area contributed by atoms with Crippen molar-refractivity contribution >= 4 is 40.8 Å². The van der Waals surface area contributed by atoms with Crippen LogP contribution in [0, 0.1) is 5.92 Å². The van der Waals surface area contributed by atoms with Crippen LogP contribution in [0.25, 0.3) is 0 Å². The summed E-state index contributed by atoms with van der Waals surface area (Å²) in [5.41, 5.74) is 1.17. The van der Waals surface area contributed by atoms with E-state index in [2.05, 4.69) is 29.9 Å². The molecule has 158 valence electrons. The van der Waals surface area contributed by atoms with Gasteiger partial charge in [-0.15, -0.1) is 11.3 Å². The molecule has 0 radical (unpaired) electrons. The number of aryl methyl sites for hydroxylation is 1. The topological polar surface area (TPSA) is 59.1 Å². The minimum atomic E-state index is -0.0873. The summed E-state index contributed by atoms with van der Waals surface area (Å²) in [7, 11) is 0. The summed E-state index contributed by atoms with van der Waals surface area (Å²) in [5, 5.41) is 3.62. The lowest BCUT2D eigenvalue weighted by Gasteiger charge is -2.20. The van der Waals surface area contributed by atoms with Crippen LogP contribution in [0.4, 0.5) is 5.13 Å². The second-order valence-corrected chi connectivity index (χ2v) is 9.50. The maximum absolute atomic E-state index is 12.2. The van der Waals surface area contributed by atoms with Gasteiger partial charge in [0, 0.05) is 24.1 Å². The van der Waals surface area contributed by atoms with Crippen LogP contribution in [0.1, 0.15) is 94.5 Å². The number of nitrogens with one attached hydrogen (secondary N) is 1. The zero-order chi connectivity index (χ0) is 20.2. The molecule has 28 heavy (non-hydrogen) atoms. The lowest BCUT2D eigenvalue weighted by molar-refractivity contribution is -0.123. The predicted octanol–water partition coefficient (Wildman–Crippen LogP) is 6.00. The molecule has 1 aliphatic rings. The highest BCUT2D eigenvalue weighted by atomic mass is 32.1. The third-order valence-electron chi connectivity index (χ3n) is 5.50. The lowest BCUT2D eigenvalue weighted by Crippen LogP contribution is -2.14. The number of anilines is 1. The molecule has 0 saturated heterocycles. The van der Waals surface area contributed by atoms with E-state index >= 15 is 0 Å². The Morgan fingerprint density at radius 1 is 1.11 bits per heavy atom. The number of nitrogens with zero attached hydrogens (tertiary/aromatic N) is 1. The van der Waals surface area contributed by atoms with Crippen molar-refractivity contribution in [1.29, 1.82) is 0 Å². The third-order valence-corrected chi connectivity index (χ3v) is 6.85. The molecule has 0 spiro atoms. The molecule has 1 aliphatic carbocycles. The van der Waals surface area contributed by atoms with Gasteiger partial charge in [0.2, 0.25) is 5.91 Å². The monoisotopic (exact) mass is 424 g/mol. The zero-order valence-electron chi connectivity index (χ0n) is 17.3. The van der Waals surface area contributed by atoms with Crippen LogP contribution < -0.4 is 5.32 Å². The average Bonchev–Trinajstić information content (AvgIpc) is 3.08. The molecular weight excluding hydrogens is 388 g/mol. The van der Waals surface area contributed by atoms with Crippen molar-refractivity contribution in [2.75, 3.05) is 11.1 Å². The molecule has 1 N–H and O–H groups in total. The second-order valence-electron chi connectivity index (χ2n) is 7.97. The summed E-state index contributed by atoms with van der Waals surface area (Å²) in [6.45, 7) is 2.24. The molecule has 0 bridgehead atoms. The SMILES string of the molecule is CCCC[C@H]1CCc2nc(NC(=O)CCC(=O)CCCCCCCS)sc2C1. The van der Waals surface area contributed by atoms with Crippen molar-refractivity contribution in [2.45, 2.75) is 96.8 Å². The van der Waals surface area contributed by atoms with Crippen molar-refractivity contribution in [3.63, 3.8) is 0 Å². The van der Waals surface area contributed by atoms with E-state index < -0.39 is 0 Å². The molecule has 0 aliphatic heterocycles. The number of ketones is 1. The maximum atomic E-state index is 12.2. The van der Waals surface area contributed by atoms with Gasteiger partial charge in [-0.3, -0.25) is 9.59 Å². The second kappa shape index (κ2) is 13.4. The number of Topliss-reactive ketones (excluding diaryl/α,β-unsaturated/α-hetero) is 1. The van der Waals surface area contributed by atoms with Crippen LogP contribution in [0.15, 0.2) is 0 Å². The molecule has 0 unspecified atom stereocenters. The van der Waals surface area contributed by atoms with Crippen LogP contribution in [0.2, 0.25) is 0 Å². The Morgan fingerprint density at radius 3 is 2.68 bits per heavy atom. The quantitative estimate of drug-likeness (QED) is 0.284. The van der Waals surface area contributed by atoms with Crippen LogP contribution in [0.3, 0.4) is 0 Å². The normalized spacial score (nSPS) is 16.0. The highest BCUT2D eigenvalue weighted by Crippen LogP contribution is 2.34. The minimum absolute atomic E-state index is 0.0873. The fraction of sp³-hybridized carbons (Fsp3) is 0.773. The van der Waals surface area contributed by atoms with E-state index in [0.29, 0.717) is 18.0 Å². The number of carbonyl (C=O) groups excluding carboxylic acids is 2. The van der Waals surface area contributed by atoms with Gasteiger partial charge in [-0.05, 0) is 43.8 Å². The van der Waals surface area contributed by atoms with Crippen LogP contribution >= 0.6 is 24.0 Å². The molecular formula is C22H36N2O2S2. The Labute approximate surface area is 179 Å². The van der Waals surface area contributed by atoms with E-state index in [1.165, 1.54) is 49.1 Å². The molecule has 1 amide bonds. The first-order valence-electron chi connectivity index (χ1n) is 11.0. The standard InChI is InChI=1S/C22H36N2O2S2/c1-2-3-9-17-11-13-19-20(16-17)28-22(23-19)24-21(26)14-12-18(25)10-7-5-4-6-8-15-27/h17,27H,2-16H2,1H3,(H,23,24,26)/t17-/m0/s1. The number of rotatable bonds is 14. The van der Waals surface area contributed by atoms with Gasteiger partial charge in [0.05, 0.1) is 5.69 Å². The number of unbranched alkanes of at least 4 members (excludes halogenated alkanes) is 5. The zero-order valence-corrected chi connectivity index (χ0v) is 19.0. The van der Waals surface area contributed by atoms with E-state index in [1.807, 2.05) is 0 Å². The summed E-state index contributed by atoms with van der Waals surface area (Å²) >= 11 is 5.83. The van der Waals surface area contributed by atoms with Crippen LogP contribution in [0.5, 0.6) is 0 Å². The Bertz CT molecular complexity index is 616. The fourth-order valence-electron chi connectivity index (χ4n) is 3.76. The Balaban J connectivity index is 1.64. The van der Waals surface area contributed by atoms with Gasteiger partial charge >= 0.3 is 0 Å². The highest BCUT2D eigenvalue weighted by molar-refractivity contribution is 7.80. The van der Waals surface area contributed by atoms with E-state index in [1.54, 1.807) is 11.3 Å². The molecule has 1 aromatic rings. The number of thiol groups is 1. The smallest absolute Gasteiger partial charge is 0.226 e. The number of carbonyl (C=O) groups is 2. The molecule has 2 rings (SSSR count). The summed E-state index contributed by atoms with van der Waals surface area (Å²) in [6, 6.07) is 0. The van der Waals surface area contributed by atoms with Crippen molar-refractivity contribution in [2.24, 2.45) is 5.92 Å². The highest BCUT2D eigenvalue weighted by Gasteiger charge is 2.22. The lowest BCUT2D eigenvalue weighted by atomic mass is 9.87. The van der Waals surface area contributed by atoms with Gasteiger partial charge in [0.15, 0.2) is 5.13 Å². The molecule has 0 saturated carbocycles. The molecule has 1 heterocycles. The number of hydrogen-bond donors (Lipinski definition) is 2. The summed E-state index contributed by atoms with van der Waals surface area (Å²) < 4.78 is 0.